The van der Waals surface area contributed by atoms with Gasteiger partial charge in [-0.05, 0) is 24.5 Å². The van der Waals surface area contributed by atoms with Crippen LogP contribution in [0.4, 0.5) is 0 Å². The fourth-order valence-corrected chi connectivity index (χ4v) is 2.44. The summed E-state index contributed by atoms with van der Waals surface area (Å²) in [7, 11) is 3.47. The van der Waals surface area contributed by atoms with Crippen LogP contribution in [0.2, 0.25) is 0 Å². The first-order valence-electron chi connectivity index (χ1n) is 8.90. The molecule has 0 saturated heterocycles. The fourth-order valence-electron chi connectivity index (χ4n) is 2.44. The highest BCUT2D eigenvalue weighted by molar-refractivity contribution is 5.85. The summed E-state index contributed by atoms with van der Waals surface area (Å²) in [4.78, 5) is 17.9. The molecule has 0 saturated carbocycles. The van der Waals surface area contributed by atoms with E-state index in [0.29, 0.717) is 5.96 Å². The van der Waals surface area contributed by atoms with Gasteiger partial charge in [-0.1, -0.05) is 60.7 Å². The number of carbonyl (C=O) groups excluding carboxylic acids is 1. The number of nitrogens with zero attached hydrogens (tertiary/aromatic N) is 2. The van der Waals surface area contributed by atoms with Crippen LogP contribution in [0.5, 0.6) is 0 Å². The van der Waals surface area contributed by atoms with Crippen LogP contribution in [-0.4, -0.2) is 44.0 Å². The van der Waals surface area contributed by atoms with Crippen LogP contribution in [0.1, 0.15) is 24.1 Å². The van der Waals surface area contributed by atoms with E-state index in [4.69, 9.17) is 0 Å². The number of hydrogen-bond acceptors (Lipinski definition) is 2. The van der Waals surface area contributed by atoms with E-state index < -0.39 is 0 Å². The molecule has 2 N–H and O–H groups in total. The molecule has 1 atom stereocenters. The predicted molar refractivity (Wildman–Crippen MR) is 107 cm³/mol. The number of nitrogens with one attached hydrogen (secondary N) is 2. The van der Waals surface area contributed by atoms with Crippen molar-refractivity contribution in [2.24, 2.45) is 4.99 Å². The summed E-state index contributed by atoms with van der Waals surface area (Å²) in [6.07, 6.45) is 0.892. The van der Waals surface area contributed by atoms with Gasteiger partial charge < -0.3 is 15.5 Å². The van der Waals surface area contributed by atoms with Crippen LogP contribution in [0.15, 0.2) is 65.7 Å². The third-order valence-corrected chi connectivity index (χ3v) is 4.07. The van der Waals surface area contributed by atoms with E-state index in [1.54, 1.807) is 19.0 Å². The van der Waals surface area contributed by atoms with Gasteiger partial charge in [-0.25, -0.2) is 4.99 Å². The van der Waals surface area contributed by atoms with Crippen molar-refractivity contribution in [2.45, 2.75) is 19.4 Å². The number of carbonyl (C=O) groups is 1. The Morgan fingerprint density at radius 3 is 2.27 bits per heavy atom. The zero-order valence-corrected chi connectivity index (χ0v) is 15.8. The normalized spacial score (nSPS) is 12.3. The van der Waals surface area contributed by atoms with Gasteiger partial charge in [-0.2, -0.15) is 0 Å². The summed E-state index contributed by atoms with van der Waals surface area (Å²) in [5.74, 6) is 0.619. The summed E-state index contributed by atoms with van der Waals surface area (Å²) in [5, 5.41) is 6.71. The Morgan fingerprint density at radius 2 is 1.65 bits per heavy atom. The van der Waals surface area contributed by atoms with E-state index in [2.05, 4.69) is 46.8 Å². The minimum absolute atomic E-state index is 0.0264. The van der Waals surface area contributed by atoms with Crippen molar-refractivity contribution in [2.75, 3.05) is 27.2 Å². The quantitative estimate of drug-likeness (QED) is 0.595. The smallest absolute Gasteiger partial charge is 0.243 e. The van der Waals surface area contributed by atoms with E-state index >= 15 is 0 Å². The Labute approximate surface area is 156 Å². The molecule has 2 aromatic rings. The molecular weight excluding hydrogens is 324 g/mol. The zero-order chi connectivity index (χ0) is 18.8. The first kappa shape index (κ1) is 19.5. The first-order chi connectivity index (χ1) is 12.6. The third-order valence-electron chi connectivity index (χ3n) is 4.07. The van der Waals surface area contributed by atoms with Crippen molar-refractivity contribution in [3.05, 3.63) is 71.8 Å². The lowest BCUT2D eigenvalue weighted by molar-refractivity contribution is -0.127. The van der Waals surface area contributed by atoms with Crippen LogP contribution in [0.25, 0.3) is 0 Å². The second-order valence-electron chi connectivity index (χ2n) is 6.39. The van der Waals surface area contributed by atoms with Gasteiger partial charge in [0.25, 0.3) is 0 Å². The molecule has 5 heteroatoms. The molecule has 1 unspecified atom stereocenters. The molecule has 0 aliphatic heterocycles. The lowest BCUT2D eigenvalue weighted by Crippen LogP contribution is -2.40. The summed E-state index contributed by atoms with van der Waals surface area (Å²) < 4.78 is 0. The minimum Gasteiger partial charge on any atom is -0.356 e. The van der Waals surface area contributed by atoms with Crippen LogP contribution in [0.3, 0.4) is 0 Å². The minimum atomic E-state index is -0.0264. The number of guanidine groups is 1. The van der Waals surface area contributed by atoms with Crippen molar-refractivity contribution < 1.29 is 4.79 Å². The monoisotopic (exact) mass is 352 g/mol. The topological polar surface area (TPSA) is 56.7 Å². The second kappa shape index (κ2) is 10.2. The molecule has 2 rings (SSSR count). The SMILES string of the molecule is CC(NC(=NCC(=O)N(C)C)NCCc1ccccc1)c1ccccc1. The Bertz CT molecular complexity index is 698. The number of benzene rings is 2. The Kier molecular flexibility index (Phi) is 7.68. The van der Waals surface area contributed by atoms with Gasteiger partial charge in [-0.3, -0.25) is 4.79 Å². The molecule has 0 fully saturated rings. The lowest BCUT2D eigenvalue weighted by atomic mass is 10.1. The van der Waals surface area contributed by atoms with Crippen LogP contribution < -0.4 is 10.6 Å². The number of likely N-dealkylation sites (N-methyl/N-ethyl adjacent to an activating group) is 1. The van der Waals surface area contributed by atoms with Crippen molar-refractivity contribution >= 4 is 11.9 Å². The molecule has 0 aromatic heterocycles. The molecule has 5 nitrogen and oxygen atoms in total. The summed E-state index contributed by atoms with van der Waals surface area (Å²) in [6.45, 7) is 2.94. The van der Waals surface area contributed by atoms with E-state index in [9.17, 15) is 4.79 Å². The second-order valence-corrected chi connectivity index (χ2v) is 6.39. The van der Waals surface area contributed by atoms with Crippen molar-refractivity contribution in [1.29, 1.82) is 0 Å². The fraction of sp³-hybridized carbons (Fsp3) is 0.333. The third kappa shape index (κ3) is 6.59. The molecule has 26 heavy (non-hydrogen) atoms. The van der Waals surface area contributed by atoms with Gasteiger partial charge in [0.05, 0.1) is 6.04 Å². The predicted octanol–water partition coefficient (Wildman–Crippen LogP) is 2.61. The number of hydrogen-bond donors (Lipinski definition) is 2. The maximum Gasteiger partial charge on any atom is 0.243 e. The molecule has 0 aliphatic rings. The van der Waals surface area contributed by atoms with E-state index in [1.165, 1.54) is 11.1 Å². The largest absolute Gasteiger partial charge is 0.356 e. The average molecular weight is 352 g/mol. The molecule has 0 aliphatic carbocycles. The van der Waals surface area contributed by atoms with Crippen molar-refractivity contribution in [3.8, 4) is 0 Å². The molecule has 0 spiro atoms. The van der Waals surface area contributed by atoms with Gasteiger partial charge in [0.15, 0.2) is 5.96 Å². The van der Waals surface area contributed by atoms with Crippen LogP contribution >= 0.6 is 0 Å². The van der Waals surface area contributed by atoms with Gasteiger partial charge in [0, 0.05) is 20.6 Å². The lowest BCUT2D eigenvalue weighted by Gasteiger charge is -2.19. The Hall–Kier alpha value is -2.82. The van der Waals surface area contributed by atoms with E-state index in [0.717, 1.165) is 13.0 Å². The molecule has 0 bridgehead atoms. The van der Waals surface area contributed by atoms with E-state index in [1.807, 2.05) is 36.4 Å². The standard InChI is InChI=1S/C21H28N4O/c1-17(19-12-8-5-9-13-19)24-21(23-16-20(26)25(2)3)22-15-14-18-10-6-4-7-11-18/h4-13,17H,14-16H2,1-3H3,(H2,22,23,24). The van der Waals surface area contributed by atoms with Gasteiger partial charge in [0.2, 0.25) is 5.91 Å². The first-order valence-corrected chi connectivity index (χ1v) is 8.90. The van der Waals surface area contributed by atoms with Gasteiger partial charge in [0.1, 0.15) is 6.54 Å². The summed E-state index contributed by atoms with van der Waals surface area (Å²) >= 11 is 0. The highest BCUT2D eigenvalue weighted by atomic mass is 16.2. The van der Waals surface area contributed by atoms with E-state index in [-0.39, 0.29) is 18.5 Å². The molecule has 2 aromatic carbocycles. The highest BCUT2D eigenvalue weighted by Crippen LogP contribution is 2.10. The van der Waals surface area contributed by atoms with Crippen LogP contribution in [-0.2, 0) is 11.2 Å². The number of amides is 1. The highest BCUT2D eigenvalue weighted by Gasteiger charge is 2.09. The maximum atomic E-state index is 11.9. The zero-order valence-electron chi connectivity index (χ0n) is 15.8. The van der Waals surface area contributed by atoms with Gasteiger partial charge >= 0.3 is 0 Å². The molecule has 0 radical (unpaired) electrons. The Balaban J connectivity index is 1.98. The van der Waals surface area contributed by atoms with Crippen molar-refractivity contribution in [1.82, 2.24) is 15.5 Å². The molecule has 138 valence electrons. The number of aliphatic imine (C=N–C) groups is 1. The average Bonchev–Trinajstić information content (AvgIpc) is 2.67. The molecular formula is C21H28N4O. The summed E-state index contributed by atoms with van der Waals surface area (Å²) in [5.41, 5.74) is 2.43. The van der Waals surface area contributed by atoms with Gasteiger partial charge in [-0.15, -0.1) is 0 Å². The maximum absolute atomic E-state index is 11.9. The Morgan fingerprint density at radius 1 is 1.04 bits per heavy atom. The molecule has 0 heterocycles. The summed E-state index contributed by atoms with van der Waals surface area (Å²) in [6, 6.07) is 20.6. The molecule has 1 amide bonds. The van der Waals surface area contributed by atoms with Crippen molar-refractivity contribution in [3.63, 3.8) is 0 Å². The van der Waals surface area contributed by atoms with Crippen LogP contribution in [0, 0.1) is 0 Å². The number of rotatable bonds is 7.